The van der Waals surface area contributed by atoms with Gasteiger partial charge in [0.1, 0.15) is 9.88 Å². The third-order valence-electron chi connectivity index (χ3n) is 2.61. The van der Waals surface area contributed by atoms with E-state index in [1.54, 1.807) is 0 Å². The average Bonchev–Trinajstić information content (AvgIpc) is 2.42. The Hall–Kier alpha value is -0.730. The predicted octanol–water partition coefficient (Wildman–Crippen LogP) is 2.07. The molecule has 0 radical (unpaired) electrons. The molecule has 118 valence electrons. The van der Waals surface area contributed by atoms with Crippen LogP contribution in [0, 0.1) is 0 Å². The molecule has 0 aliphatic heterocycles. The van der Waals surface area contributed by atoms with Crippen LogP contribution in [0.5, 0.6) is 0 Å². The maximum absolute atomic E-state index is 12.1. The summed E-state index contributed by atoms with van der Waals surface area (Å²) in [5.41, 5.74) is 6.00. The lowest BCUT2D eigenvalue weighted by atomic mass is 10.2. The second-order valence-electron chi connectivity index (χ2n) is 4.37. The molecule has 0 aromatic heterocycles. The average molecular weight is 351 g/mol. The molecule has 5 nitrogen and oxygen atoms in total. The number of hydrogen-bond acceptors (Lipinski definition) is 4. The van der Waals surface area contributed by atoms with E-state index >= 15 is 0 Å². The predicted molar refractivity (Wildman–Crippen MR) is 88.3 cm³/mol. The van der Waals surface area contributed by atoms with Gasteiger partial charge >= 0.3 is 0 Å². The maximum Gasteiger partial charge on any atom is 0.242 e. The lowest BCUT2D eigenvalue weighted by Gasteiger charge is -2.09. The first-order valence-corrected chi connectivity index (χ1v) is 8.82. The minimum atomic E-state index is -3.65. The van der Waals surface area contributed by atoms with Crippen LogP contribution >= 0.6 is 23.8 Å². The molecule has 8 heteroatoms. The number of halogens is 1. The molecule has 1 aromatic carbocycles. The van der Waals surface area contributed by atoms with Gasteiger partial charge < -0.3 is 10.5 Å². The summed E-state index contributed by atoms with van der Waals surface area (Å²) < 4.78 is 32.0. The SMILES string of the molecule is CCCOCCCNS(=O)(=O)c1ccc(C(N)=S)cc1Cl. The van der Waals surface area contributed by atoms with E-state index in [0.29, 0.717) is 31.7 Å². The van der Waals surface area contributed by atoms with Crippen LogP contribution < -0.4 is 10.5 Å². The van der Waals surface area contributed by atoms with Gasteiger partial charge in [-0.1, -0.05) is 36.8 Å². The molecule has 0 bridgehead atoms. The van der Waals surface area contributed by atoms with E-state index in [9.17, 15) is 8.42 Å². The van der Waals surface area contributed by atoms with Gasteiger partial charge in [-0.25, -0.2) is 13.1 Å². The van der Waals surface area contributed by atoms with Crippen molar-refractivity contribution >= 4 is 38.8 Å². The van der Waals surface area contributed by atoms with E-state index in [2.05, 4.69) is 4.72 Å². The molecule has 0 saturated heterocycles. The van der Waals surface area contributed by atoms with Crippen molar-refractivity contribution in [1.82, 2.24) is 4.72 Å². The first kappa shape index (κ1) is 18.3. The van der Waals surface area contributed by atoms with Gasteiger partial charge in [-0.2, -0.15) is 0 Å². The zero-order valence-electron chi connectivity index (χ0n) is 11.8. The van der Waals surface area contributed by atoms with Gasteiger partial charge in [0.05, 0.1) is 5.02 Å². The molecule has 0 saturated carbocycles. The zero-order valence-corrected chi connectivity index (χ0v) is 14.2. The van der Waals surface area contributed by atoms with Gasteiger partial charge in [-0.05, 0) is 25.0 Å². The molecule has 21 heavy (non-hydrogen) atoms. The normalized spacial score (nSPS) is 11.5. The van der Waals surface area contributed by atoms with Crippen LogP contribution in [-0.2, 0) is 14.8 Å². The summed E-state index contributed by atoms with van der Waals surface area (Å²) >= 11 is 10.8. The van der Waals surface area contributed by atoms with Crippen molar-refractivity contribution in [3.8, 4) is 0 Å². The van der Waals surface area contributed by atoms with Gasteiger partial charge in [0.2, 0.25) is 10.0 Å². The van der Waals surface area contributed by atoms with Crippen molar-refractivity contribution in [2.24, 2.45) is 5.73 Å². The lowest BCUT2D eigenvalue weighted by molar-refractivity contribution is 0.133. The monoisotopic (exact) mass is 350 g/mol. The van der Waals surface area contributed by atoms with Crippen molar-refractivity contribution < 1.29 is 13.2 Å². The quantitative estimate of drug-likeness (QED) is 0.526. The van der Waals surface area contributed by atoms with E-state index in [1.165, 1.54) is 18.2 Å². The highest BCUT2D eigenvalue weighted by molar-refractivity contribution is 7.89. The van der Waals surface area contributed by atoms with Crippen molar-refractivity contribution in [1.29, 1.82) is 0 Å². The van der Waals surface area contributed by atoms with E-state index in [1.807, 2.05) is 6.92 Å². The Bertz CT molecular complexity index is 591. The number of rotatable bonds is 9. The van der Waals surface area contributed by atoms with Crippen LogP contribution in [0.2, 0.25) is 5.02 Å². The van der Waals surface area contributed by atoms with E-state index in [4.69, 9.17) is 34.3 Å². The number of thiocarbonyl (C=S) groups is 1. The van der Waals surface area contributed by atoms with Crippen molar-refractivity contribution in [3.63, 3.8) is 0 Å². The Morgan fingerprint density at radius 1 is 1.43 bits per heavy atom. The second-order valence-corrected chi connectivity index (χ2v) is 6.96. The Morgan fingerprint density at radius 3 is 2.71 bits per heavy atom. The number of hydrogen-bond donors (Lipinski definition) is 2. The summed E-state index contributed by atoms with van der Waals surface area (Å²) in [6.45, 7) is 3.50. The Labute approximate surface area is 135 Å². The fourth-order valence-electron chi connectivity index (χ4n) is 1.58. The maximum atomic E-state index is 12.1. The first-order chi connectivity index (χ1) is 9.88. The molecule has 0 spiro atoms. The molecular formula is C13H19ClN2O3S2. The van der Waals surface area contributed by atoms with Crippen LogP contribution in [0.15, 0.2) is 23.1 Å². The highest BCUT2D eigenvalue weighted by Crippen LogP contribution is 2.22. The van der Waals surface area contributed by atoms with E-state index < -0.39 is 10.0 Å². The highest BCUT2D eigenvalue weighted by Gasteiger charge is 2.17. The minimum absolute atomic E-state index is 0.0126. The summed E-state index contributed by atoms with van der Waals surface area (Å²) in [5, 5.41) is 0.0926. The number of ether oxygens (including phenoxy) is 1. The molecule has 0 atom stereocenters. The molecule has 0 amide bonds. The highest BCUT2D eigenvalue weighted by atomic mass is 35.5. The van der Waals surface area contributed by atoms with Crippen molar-refractivity contribution in [2.75, 3.05) is 19.8 Å². The topological polar surface area (TPSA) is 81.4 Å². The molecule has 0 fully saturated rings. The standard InChI is InChI=1S/C13H19ClN2O3S2/c1-2-7-19-8-3-6-16-21(17,18)12-5-4-10(13(15)20)9-11(12)14/h4-5,9,16H,2-3,6-8H2,1H3,(H2,15,20). The number of sulfonamides is 1. The Morgan fingerprint density at radius 2 is 2.14 bits per heavy atom. The summed E-state index contributed by atoms with van der Waals surface area (Å²) in [7, 11) is -3.65. The Kier molecular flexibility index (Phi) is 7.55. The van der Waals surface area contributed by atoms with E-state index in [-0.39, 0.29) is 14.9 Å². The van der Waals surface area contributed by atoms with Crippen LogP contribution in [0.4, 0.5) is 0 Å². The third-order valence-corrected chi connectivity index (χ3v) is 4.79. The van der Waals surface area contributed by atoms with Gasteiger partial charge in [0, 0.05) is 25.3 Å². The lowest BCUT2D eigenvalue weighted by Crippen LogP contribution is -2.26. The number of benzene rings is 1. The third kappa shape index (κ3) is 5.88. The summed E-state index contributed by atoms with van der Waals surface area (Å²) in [4.78, 5) is 0.181. The fourth-order valence-corrected chi connectivity index (χ4v) is 3.32. The summed E-state index contributed by atoms with van der Waals surface area (Å²) in [6, 6.07) is 4.38. The molecular weight excluding hydrogens is 332 g/mol. The first-order valence-electron chi connectivity index (χ1n) is 6.55. The minimum Gasteiger partial charge on any atom is -0.389 e. The van der Waals surface area contributed by atoms with Gasteiger partial charge in [0.15, 0.2) is 0 Å². The summed E-state index contributed by atoms with van der Waals surface area (Å²) in [6.07, 6.45) is 1.54. The number of nitrogens with two attached hydrogens (primary N) is 1. The van der Waals surface area contributed by atoms with Gasteiger partial charge in [-0.15, -0.1) is 0 Å². The molecule has 1 rings (SSSR count). The molecule has 0 aliphatic rings. The second kappa shape index (κ2) is 8.65. The molecule has 0 aliphatic carbocycles. The van der Waals surface area contributed by atoms with Crippen molar-refractivity contribution in [3.05, 3.63) is 28.8 Å². The fraction of sp³-hybridized carbons (Fsp3) is 0.462. The molecule has 0 unspecified atom stereocenters. The molecule has 3 N–H and O–H groups in total. The molecule has 0 heterocycles. The van der Waals surface area contributed by atoms with E-state index in [0.717, 1.165) is 6.42 Å². The Balaban J connectivity index is 2.64. The van der Waals surface area contributed by atoms with Crippen LogP contribution in [0.25, 0.3) is 0 Å². The van der Waals surface area contributed by atoms with Crippen molar-refractivity contribution in [2.45, 2.75) is 24.7 Å². The van der Waals surface area contributed by atoms with Crippen LogP contribution in [0.3, 0.4) is 0 Å². The summed E-state index contributed by atoms with van der Waals surface area (Å²) in [5.74, 6) is 0. The number of nitrogens with one attached hydrogen (secondary N) is 1. The zero-order chi connectivity index (χ0) is 15.9. The smallest absolute Gasteiger partial charge is 0.242 e. The van der Waals surface area contributed by atoms with Crippen LogP contribution in [0.1, 0.15) is 25.3 Å². The van der Waals surface area contributed by atoms with Gasteiger partial charge in [-0.3, -0.25) is 0 Å². The largest absolute Gasteiger partial charge is 0.389 e. The molecule has 1 aromatic rings. The van der Waals surface area contributed by atoms with Gasteiger partial charge in [0.25, 0.3) is 0 Å². The van der Waals surface area contributed by atoms with Crippen LogP contribution in [-0.4, -0.2) is 33.2 Å².